The van der Waals surface area contributed by atoms with Crippen molar-refractivity contribution in [3.8, 4) is 0 Å². The number of benzene rings is 2. The maximum absolute atomic E-state index is 11.8. The summed E-state index contributed by atoms with van der Waals surface area (Å²) in [6.07, 6.45) is 2.50. The zero-order valence-corrected chi connectivity index (χ0v) is 13.1. The molecule has 20 heavy (non-hydrogen) atoms. The van der Waals surface area contributed by atoms with Crippen molar-refractivity contribution in [2.24, 2.45) is 0 Å². The lowest BCUT2D eigenvalue weighted by atomic mass is 10.0. The van der Waals surface area contributed by atoms with Gasteiger partial charge in [0, 0.05) is 11.1 Å². The molecule has 0 bridgehead atoms. The van der Waals surface area contributed by atoms with Crippen molar-refractivity contribution in [2.45, 2.75) is 40.5 Å². The van der Waals surface area contributed by atoms with Gasteiger partial charge in [-0.05, 0) is 0 Å². The van der Waals surface area contributed by atoms with Crippen LogP contribution in [0.15, 0.2) is 60.7 Å². The molecule has 1 nitrogen and oxygen atoms in total. The highest BCUT2D eigenvalue weighted by molar-refractivity contribution is 6.08. The Kier molecular flexibility index (Phi) is 11.0. The van der Waals surface area contributed by atoms with Crippen LogP contribution < -0.4 is 0 Å². The van der Waals surface area contributed by atoms with Gasteiger partial charge in [-0.3, -0.25) is 4.79 Å². The van der Waals surface area contributed by atoms with E-state index in [0.717, 1.165) is 11.1 Å². The SMILES string of the molecule is CCC.CCC.O=C(c1ccccc1)c1ccccc1. The van der Waals surface area contributed by atoms with Crippen LogP contribution in [0.5, 0.6) is 0 Å². The van der Waals surface area contributed by atoms with Gasteiger partial charge in [-0.15, -0.1) is 0 Å². The number of hydrogen-bond donors (Lipinski definition) is 0. The fraction of sp³-hybridized carbons (Fsp3) is 0.316. The molecule has 0 atom stereocenters. The molecule has 2 aromatic carbocycles. The molecule has 0 N–H and O–H groups in total. The Labute approximate surface area is 123 Å². The van der Waals surface area contributed by atoms with Crippen LogP contribution in [0.3, 0.4) is 0 Å². The lowest BCUT2D eigenvalue weighted by Crippen LogP contribution is -1.99. The molecule has 0 aliphatic carbocycles. The second kappa shape index (κ2) is 12.2. The molecule has 0 radical (unpaired) electrons. The first-order valence-corrected chi connectivity index (χ1v) is 7.35. The minimum Gasteiger partial charge on any atom is -0.289 e. The third kappa shape index (κ3) is 7.52. The maximum atomic E-state index is 11.8. The highest BCUT2D eigenvalue weighted by atomic mass is 16.1. The molecule has 2 rings (SSSR count). The van der Waals surface area contributed by atoms with Crippen LogP contribution in [0.4, 0.5) is 0 Å². The van der Waals surface area contributed by atoms with Gasteiger partial charge in [-0.1, -0.05) is 101 Å². The van der Waals surface area contributed by atoms with Crippen LogP contribution in [0, 0.1) is 0 Å². The lowest BCUT2D eigenvalue weighted by molar-refractivity contribution is 0.103. The van der Waals surface area contributed by atoms with Crippen LogP contribution in [0.1, 0.15) is 56.5 Å². The molecular formula is C19H26O. The van der Waals surface area contributed by atoms with E-state index >= 15 is 0 Å². The van der Waals surface area contributed by atoms with Crippen molar-refractivity contribution >= 4 is 5.78 Å². The zero-order valence-electron chi connectivity index (χ0n) is 13.1. The van der Waals surface area contributed by atoms with Crippen molar-refractivity contribution in [3.63, 3.8) is 0 Å². The Hall–Kier alpha value is -1.89. The Balaban J connectivity index is 0.000000520. The quantitative estimate of drug-likeness (QED) is 0.635. The molecule has 0 fully saturated rings. The zero-order chi connectivity index (χ0) is 15.2. The van der Waals surface area contributed by atoms with E-state index in [0.29, 0.717) is 0 Å². The first-order valence-electron chi connectivity index (χ1n) is 7.35. The summed E-state index contributed by atoms with van der Waals surface area (Å²) in [4.78, 5) is 11.8. The maximum Gasteiger partial charge on any atom is 0.193 e. The molecule has 0 unspecified atom stereocenters. The van der Waals surface area contributed by atoms with E-state index in [2.05, 4.69) is 27.7 Å². The minimum absolute atomic E-state index is 0.0752. The largest absolute Gasteiger partial charge is 0.289 e. The van der Waals surface area contributed by atoms with E-state index in [9.17, 15) is 4.79 Å². The number of carbonyl (C=O) groups is 1. The van der Waals surface area contributed by atoms with E-state index in [1.165, 1.54) is 12.8 Å². The summed E-state index contributed by atoms with van der Waals surface area (Å²) in [6, 6.07) is 18.6. The fourth-order valence-electron chi connectivity index (χ4n) is 1.35. The van der Waals surface area contributed by atoms with Gasteiger partial charge in [-0.2, -0.15) is 0 Å². The number of carbonyl (C=O) groups excluding carboxylic acids is 1. The van der Waals surface area contributed by atoms with Crippen LogP contribution in [-0.4, -0.2) is 5.78 Å². The summed E-state index contributed by atoms with van der Waals surface area (Å²) >= 11 is 0. The standard InChI is InChI=1S/C13H10O.2C3H8/c14-13(11-7-3-1-4-8-11)12-9-5-2-6-10-12;2*1-3-2/h1-10H;2*3H2,1-2H3. The van der Waals surface area contributed by atoms with E-state index < -0.39 is 0 Å². The van der Waals surface area contributed by atoms with Gasteiger partial charge in [0.05, 0.1) is 0 Å². The average molecular weight is 270 g/mol. The number of rotatable bonds is 2. The molecule has 0 aliphatic rings. The van der Waals surface area contributed by atoms with Gasteiger partial charge in [0.2, 0.25) is 0 Å². The fourth-order valence-corrected chi connectivity index (χ4v) is 1.35. The Bertz CT molecular complexity index is 402. The average Bonchev–Trinajstić information content (AvgIpc) is 2.50. The topological polar surface area (TPSA) is 17.1 Å². The van der Waals surface area contributed by atoms with E-state index in [1.807, 2.05) is 60.7 Å². The summed E-state index contributed by atoms with van der Waals surface area (Å²) < 4.78 is 0. The summed E-state index contributed by atoms with van der Waals surface area (Å²) in [5.41, 5.74) is 1.47. The molecule has 0 aromatic heterocycles. The van der Waals surface area contributed by atoms with Gasteiger partial charge >= 0.3 is 0 Å². The molecule has 0 saturated carbocycles. The molecule has 0 aliphatic heterocycles. The molecule has 0 saturated heterocycles. The highest BCUT2D eigenvalue weighted by Gasteiger charge is 2.06. The third-order valence-corrected chi connectivity index (χ3v) is 2.07. The smallest absolute Gasteiger partial charge is 0.193 e. The third-order valence-electron chi connectivity index (χ3n) is 2.07. The van der Waals surface area contributed by atoms with Crippen LogP contribution in [0.25, 0.3) is 0 Å². The molecule has 1 heteroatoms. The van der Waals surface area contributed by atoms with Crippen LogP contribution >= 0.6 is 0 Å². The monoisotopic (exact) mass is 270 g/mol. The molecule has 0 amide bonds. The van der Waals surface area contributed by atoms with Crippen LogP contribution in [0.2, 0.25) is 0 Å². The van der Waals surface area contributed by atoms with Crippen molar-refractivity contribution < 1.29 is 4.79 Å². The minimum atomic E-state index is 0.0752. The van der Waals surface area contributed by atoms with Crippen molar-refractivity contribution in [3.05, 3.63) is 71.8 Å². The van der Waals surface area contributed by atoms with E-state index in [1.54, 1.807) is 0 Å². The molecular weight excluding hydrogens is 244 g/mol. The first-order chi connectivity index (χ1) is 9.71. The summed E-state index contributed by atoms with van der Waals surface area (Å²) in [6.45, 7) is 8.50. The highest BCUT2D eigenvalue weighted by Crippen LogP contribution is 2.08. The normalized spacial score (nSPS) is 8.60. The first kappa shape index (κ1) is 18.1. The second-order valence-electron chi connectivity index (χ2n) is 4.48. The van der Waals surface area contributed by atoms with E-state index in [4.69, 9.17) is 0 Å². The van der Waals surface area contributed by atoms with Crippen molar-refractivity contribution in [2.75, 3.05) is 0 Å². The molecule has 2 aromatic rings. The predicted octanol–water partition coefficient (Wildman–Crippen LogP) is 5.75. The molecule has 0 spiro atoms. The predicted molar refractivity (Wildman–Crippen MR) is 88.2 cm³/mol. The number of hydrogen-bond acceptors (Lipinski definition) is 1. The summed E-state index contributed by atoms with van der Waals surface area (Å²) in [7, 11) is 0. The van der Waals surface area contributed by atoms with Gasteiger partial charge in [0.15, 0.2) is 5.78 Å². The second-order valence-corrected chi connectivity index (χ2v) is 4.48. The Morgan fingerprint density at radius 1 is 0.650 bits per heavy atom. The number of ketones is 1. The summed E-state index contributed by atoms with van der Waals surface area (Å²) in [5, 5.41) is 0. The molecule has 0 heterocycles. The summed E-state index contributed by atoms with van der Waals surface area (Å²) in [5.74, 6) is 0.0752. The Morgan fingerprint density at radius 2 is 0.900 bits per heavy atom. The van der Waals surface area contributed by atoms with E-state index in [-0.39, 0.29) is 5.78 Å². The van der Waals surface area contributed by atoms with Gasteiger partial charge < -0.3 is 0 Å². The van der Waals surface area contributed by atoms with Crippen LogP contribution in [-0.2, 0) is 0 Å². The van der Waals surface area contributed by atoms with Crippen molar-refractivity contribution in [1.82, 2.24) is 0 Å². The molecule has 108 valence electrons. The van der Waals surface area contributed by atoms with Crippen molar-refractivity contribution in [1.29, 1.82) is 0 Å². The Morgan fingerprint density at radius 3 is 1.15 bits per heavy atom. The van der Waals surface area contributed by atoms with Gasteiger partial charge in [0.25, 0.3) is 0 Å². The lowest BCUT2D eigenvalue weighted by Gasteiger charge is -1.99. The van der Waals surface area contributed by atoms with Gasteiger partial charge in [-0.25, -0.2) is 0 Å². The van der Waals surface area contributed by atoms with Gasteiger partial charge in [0.1, 0.15) is 0 Å².